The molecule has 0 radical (unpaired) electrons. The van der Waals surface area contributed by atoms with Crippen LogP contribution < -0.4 is 4.72 Å². The summed E-state index contributed by atoms with van der Waals surface area (Å²) < 4.78 is 31.8. The molecular formula is C13H19NO4S. The second-order valence-corrected chi connectivity index (χ2v) is 7.01. The number of nitrogens with one attached hydrogen (secondary N) is 1. The molecule has 0 aliphatic heterocycles. The zero-order valence-electron chi connectivity index (χ0n) is 11.1. The predicted molar refractivity (Wildman–Crippen MR) is 70.4 cm³/mol. The Balaban J connectivity index is 2.07. The van der Waals surface area contributed by atoms with Gasteiger partial charge in [0, 0.05) is 6.04 Å². The van der Waals surface area contributed by atoms with E-state index < -0.39 is 10.0 Å². The first-order chi connectivity index (χ1) is 8.92. The van der Waals surface area contributed by atoms with Gasteiger partial charge in [0.2, 0.25) is 5.09 Å². The molecule has 1 fully saturated rings. The molecule has 3 unspecified atom stereocenters. The van der Waals surface area contributed by atoms with Gasteiger partial charge in [-0.3, -0.25) is 4.79 Å². The molecule has 6 heteroatoms. The standard InChI is InChI=1S/C13H19NO4S/c1-9-3-4-11(7-10(9)2)14-19(16,17)13-6-5-12(8-15)18-13/h5-6,8-11,14H,3-4,7H2,1-2H3. The lowest BCUT2D eigenvalue weighted by molar-refractivity contribution is 0.109. The third-order valence-corrected chi connectivity index (χ3v) is 5.30. The van der Waals surface area contributed by atoms with Crippen molar-refractivity contribution in [2.24, 2.45) is 11.8 Å². The highest BCUT2D eigenvalue weighted by Gasteiger charge is 2.29. The zero-order valence-corrected chi connectivity index (χ0v) is 11.9. The highest BCUT2D eigenvalue weighted by atomic mass is 32.2. The van der Waals surface area contributed by atoms with E-state index in [0.717, 1.165) is 19.3 Å². The van der Waals surface area contributed by atoms with Crippen LogP contribution in [0.15, 0.2) is 21.6 Å². The molecule has 0 saturated heterocycles. The molecule has 1 heterocycles. The second kappa shape index (κ2) is 5.46. The van der Waals surface area contributed by atoms with Gasteiger partial charge in [0.1, 0.15) is 0 Å². The maximum Gasteiger partial charge on any atom is 0.274 e. The summed E-state index contributed by atoms with van der Waals surface area (Å²) in [6.45, 7) is 4.33. The SMILES string of the molecule is CC1CCC(NS(=O)(=O)c2ccc(C=O)o2)CC1C. The fourth-order valence-electron chi connectivity index (χ4n) is 2.47. The largest absolute Gasteiger partial charge is 0.440 e. The van der Waals surface area contributed by atoms with Gasteiger partial charge in [-0.2, -0.15) is 0 Å². The number of sulfonamides is 1. The van der Waals surface area contributed by atoms with Gasteiger partial charge in [-0.25, -0.2) is 13.1 Å². The minimum atomic E-state index is -3.67. The van der Waals surface area contributed by atoms with Gasteiger partial charge in [-0.05, 0) is 43.2 Å². The number of aldehydes is 1. The quantitative estimate of drug-likeness (QED) is 0.860. The van der Waals surface area contributed by atoms with Crippen molar-refractivity contribution in [3.63, 3.8) is 0 Å². The number of furan rings is 1. The minimum Gasteiger partial charge on any atom is -0.440 e. The summed E-state index contributed by atoms with van der Waals surface area (Å²) in [6.07, 6.45) is 3.18. The van der Waals surface area contributed by atoms with E-state index in [1.807, 2.05) is 0 Å². The van der Waals surface area contributed by atoms with Gasteiger partial charge in [0.15, 0.2) is 12.0 Å². The van der Waals surface area contributed by atoms with Crippen LogP contribution in [0.5, 0.6) is 0 Å². The van der Waals surface area contributed by atoms with Crippen molar-refractivity contribution in [2.45, 2.75) is 44.2 Å². The summed E-state index contributed by atoms with van der Waals surface area (Å²) in [5, 5.41) is -0.194. The second-order valence-electron chi connectivity index (χ2n) is 5.36. The molecule has 1 saturated carbocycles. The molecule has 0 spiro atoms. The Hall–Kier alpha value is -1.14. The Bertz CT molecular complexity index is 549. The smallest absolute Gasteiger partial charge is 0.274 e. The van der Waals surface area contributed by atoms with E-state index in [2.05, 4.69) is 18.6 Å². The van der Waals surface area contributed by atoms with Crippen LogP contribution in [0.3, 0.4) is 0 Å². The summed E-state index contributed by atoms with van der Waals surface area (Å²) in [6, 6.07) is 2.61. The number of carbonyl (C=O) groups excluding carboxylic acids is 1. The van der Waals surface area contributed by atoms with Crippen molar-refractivity contribution in [1.82, 2.24) is 4.72 Å². The van der Waals surface area contributed by atoms with Gasteiger partial charge in [0.05, 0.1) is 0 Å². The molecule has 19 heavy (non-hydrogen) atoms. The first kappa shape index (κ1) is 14.3. The molecule has 1 aromatic rings. The number of rotatable bonds is 4. The molecule has 1 aliphatic rings. The van der Waals surface area contributed by atoms with Crippen LogP contribution in [0.2, 0.25) is 0 Å². The molecule has 0 amide bonds. The summed E-state index contributed by atoms with van der Waals surface area (Å²) in [7, 11) is -3.67. The van der Waals surface area contributed by atoms with Crippen LogP contribution in [0.1, 0.15) is 43.7 Å². The van der Waals surface area contributed by atoms with Crippen molar-refractivity contribution < 1.29 is 17.6 Å². The number of carbonyl (C=O) groups is 1. The molecule has 1 N–H and O–H groups in total. The highest BCUT2D eigenvalue weighted by Crippen LogP contribution is 2.30. The van der Waals surface area contributed by atoms with E-state index in [4.69, 9.17) is 4.42 Å². The van der Waals surface area contributed by atoms with Crippen LogP contribution >= 0.6 is 0 Å². The topological polar surface area (TPSA) is 76.4 Å². The van der Waals surface area contributed by atoms with Crippen molar-refractivity contribution in [3.8, 4) is 0 Å². The fraction of sp³-hybridized carbons (Fsp3) is 0.615. The summed E-state index contributed by atoms with van der Waals surface area (Å²) >= 11 is 0. The first-order valence-corrected chi connectivity index (χ1v) is 7.98. The Kier molecular flexibility index (Phi) is 4.10. The lowest BCUT2D eigenvalue weighted by Gasteiger charge is -2.32. The Morgan fingerprint density at radius 3 is 2.58 bits per heavy atom. The van der Waals surface area contributed by atoms with E-state index in [1.54, 1.807) is 0 Å². The molecule has 2 rings (SSSR count). The average molecular weight is 285 g/mol. The van der Waals surface area contributed by atoms with E-state index in [0.29, 0.717) is 18.1 Å². The Morgan fingerprint density at radius 2 is 2.00 bits per heavy atom. The monoisotopic (exact) mass is 285 g/mol. The predicted octanol–water partition coefficient (Wildman–Crippen LogP) is 2.20. The van der Waals surface area contributed by atoms with E-state index in [1.165, 1.54) is 12.1 Å². The maximum atomic E-state index is 12.1. The zero-order chi connectivity index (χ0) is 14.0. The van der Waals surface area contributed by atoms with E-state index in [9.17, 15) is 13.2 Å². The van der Waals surface area contributed by atoms with E-state index in [-0.39, 0.29) is 16.9 Å². The van der Waals surface area contributed by atoms with Crippen LogP contribution in [0, 0.1) is 11.8 Å². The molecule has 3 atom stereocenters. The lowest BCUT2D eigenvalue weighted by Crippen LogP contribution is -2.39. The summed E-state index contributed by atoms with van der Waals surface area (Å²) in [4.78, 5) is 10.5. The van der Waals surface area contributed by atoms with Crippen LogP contribution in [-0.2, 0) is 10.0 Å². The van der Waals surface area contributed by atoms with Gasteiger partial charge in [0.25, 0.3) is 10.0 Å². The summed E-state index contributed by atoms with van der Waals surface area (Å²) in [5.41, 5.74) is 0. The van der Waals surface area contributed by atoms with Gasteiger partial charge in [-0.15, -0.1) is 0 Å². The molecule has 5 nitrogen and oxygen atoms in total. The molecule has 1 aliphatic carbocycles. The molecule has 0 bridgehead atoms. The molecule has 0 aromatic carbocycles. The van der Waals surface area contributed by atoms with Crippen molar-refractivity contribution >= 4 is 16.3 Å². The molecule has 106 valence electrons. The van der Waals surface area contributed by atoms with Crippen molar-refractivity contribution in [3.05, 3.63) is 17.9 Å². The highest BCUT2D eigenvalue weighted by molar-refractivity contribution is 7.89. The van der Waals surface area contributed by atoms with Crippen LogP contribution in [0.25, 0.3) is 0 Å². The Morgan fingerprint density at radius 1 is 1.26 bits per heavy atom. The average Bonchev–Trinajstić information content (AvgIpc) is 2.83. The first-order valence-electron chi connectivity index (χ1n) is 6.49. The Labute approximate surface area is 113 Å². The maximum absolute atomic E-state index is 12.1. The fourth-order valence-corrected chi connectivity index (χ4v) is 3.70. The van der Waals surface area contributed by atoms with Gasteiger partial charge < -0.3 is 4.42 Å². The van der Waals surface area contributed by atoms with Gasteiger partial charge in [-0.1, -0.05) is 13.8 Å². The molecular weight excluding hydrogens is 266 g/mol. The molecule has 1 aromatic heterocycles. The number of hydrogen-bond donors (Lipinski definition) is 1. The van der Waals surface area contributed by atoms with Crippen molar-refractivity contribution in [1.29, 1.82) is 0 Å². The van der Waals surface area contributed by atoms with E-state index >= 15 is 0 Å². The van der Waals surface area contributed by atoms with Crippen LogP contribution in [0.4, 0.5) is 0 Å². The third-order valence-electron chi connectivity index (χ3n) is 3.90. The minimum absolute atomic E-state index is 0.0195. The third kappa shape index (κ3) is 3.25. The van der Waals surface area contributed by atoms with Crippen LogP contribution in [-0.4, -0.2) is 20.7 Å². The van der Waals surface area contributed by atoms with Crippen molar-refractivity contribution in [2.75, 3.05) is 0 Å². The normalized spacial score (nSPS) is 28.2. The lowest BCUT2D eigenvalue weighted by atomic mass is 9.79. The van der Waals surface area contributed by atoms with Gasteiger partial charge >= 0.3 is 0 Å². The summed E-state index contributed by atoms with van der Waals surface area (Å²) in [5.74, 6) is 1.15. The number of hydrogen-bond acceptors (Lipinski definition) is 4.